The number of aldehydes is 1. The molecule has 0 saturated heterocycles. The lowest BCUT2D eigenvalue weighted by atomic mass is 10.2. The van der Waals surface area contributed by atoms with Crippen LogP contribution in [0.4, 0.5) is 0 Å². The van der Waals surface area contributed by atoms with Gasteiger partial charge in [0.1, 0.15) is 17.1 Å². The molecular formula is C18H14N2O13. The lowest BCUT2D eigenvalue weighted by Crippen LogP contribution is -2.19. The minimum atomic E-state index is -1.27. The molecule has 1 N–H and O–H groups in total. The van der Waals surface area contributed by atoms with Gasteiger partial charge in [-0.1, -0.05) is 24.3 Å². The number of carboxylic acids is 1. The van der Waals surface area contributed by atoms with Crippen LogP contribution < -0.4 is 9.47 Å². The number of carbonyl (C=O) groups excluding carboxylic acids is 3. The Morgan fingerprint density at radius 2 is 1.27 bits per heavy atom. The van der Waals surface area contributed by atoms with Gasteiger partial charge in [-0.05, 0) is 24.3 Å². The molecule has 0 radical (unpaired) electrons. The summed E-state index contributed by atoms with van der Waals surface area (Å²) in [7, 11) is 0. The number of aromatic carboxylic acids is 1. The van der Waals surface area contributed by atoms with Crippen molar-refractivity contribution in [3.8, 4) is 11.5 Å². The van der Waals surface area contributed by atoms with E-state index < -0.39 is 41.3 Å². The van der Waals surface area contributed by atoms with Crippen molar-refractivity contribution in [2.75, 3.05) is 13.2 Å². The molecule has 2 rings (SSSR count). The first-order valence-corrected chi connectivity index (χ1v) is 8.46. The van der Waals surface area contributed by atoms with Gasteiger partial charge in [0.15, 0.2) is 19.5 Å². The Hall–Kier alpha value is -5.08. The van der Waals surface area contributed by atoms with Crippen LogP contribution in [-0.4, -0.2) is 52.7 Å². The van der Waals surface area contributed by atoms with Crippen LogP contribution in [0.25, 0.3) is 0 Å². The van der Waals surface area contributed by atoms with Crippen LogP contribution in [0, 0.1) is 20.2 Å². The van der Waals surface area contributed by atoms with E-state index in [2.05, 4.69) is 19.1 Å². The van der Waals surface area contributed by atoms with Gasteiger partial charge in [-0.25, -0.2) is 14.4 Å². The number of hydrogen-bond acceptors (Lipinski definition) is 12. The minimum absolute atomic E-state index is 0.0365. The standard InChI is InChI=1S/C9H7NO7.C9H7NO6/c11-8(5-16-10(14)15)17-7-4-2-1-3-6(7)9(12)13;11-5-7-3-1-2-4-8(7)16-9(12)6-15-10(13)14/h1-4H,5H2,(H,12,13);1-5H,6H2. The molecule has 2 aromatic carbocycles. The van der Waals surface area contributed by atoms with Crippen LogP contribution in [-0.2, 0) is 19.3 Å². The molecule has 0 aromatic heterocycles. The fourth-order valence-corrected chi connectivity index (χ4v) is 1.92. The normalized spacial score (nSPS) is 9.33. The third-order valence-corrected chi connectivity index (χ3v) is 3.19. The summed E-state index contributed by atoms with van der Waals surface area (Å²) in [5.41, 5.74) is -0.0427. The number of rotatable bonds is 10. The van der Waals surface area contributed by atoms with Gasteiger partial charge >= 0.3 is 17.9 Å². The topological polar surface area (TPSA) is 212 Å². The highest BCUT2D eigenvalue weighted by Gasteiger charge is 2.14. The molecule has 0 saturated carbocycles. The maximum absolute atomic E-state index is 11.0. The third-order valence-electron chi connectivity index (χ3n) is 3.19. The number of nitrogens with zero attached hydrogens (tertiary/aromatic N) is 2. The van der Waals surface area contributed by atoms with E-state index in [9.17, 15) is 39.4 Å². The number of carbonyl (C=O) groups is 4. The Morgan fingerprint density at radius 1 is 0.818 bits per heavy atom. The van der Waals surface area contributed by atoms with Crippen LogP contribution in [0.1, 0.15) is 20.7 Å². The predicted octanol–water partition coefficient (Wildman–Crippen LogP) is 1.11. The molecule has 0 aliphatic rings. The Morgan fingerprint density at radius 3 is 1.76 bits per heavy atom. The fraction of sp³-hybridized carbons (Fsp3) is 0.111. The van der Waals surface area contributed by atoms with Crippen molar-refractivity contribution >= 4 is 24.2 Å². The SMILES string of the molecule is O=C(CO[N+](=O)[O-])Oc1ccccc1C(=O)O.O=Cc1ccccc1OC(=O)CO[N+](=O)[O-]. The van der Waals surface area contributed by atoms with Crippen molar-refractivity contribution in [1.29, 1.82) is 0 Å². The number of hydrogen-bond donors (Lipinski definition) is 1. The van der Waals surface area contributed by atoms with Gasteiger partial charge in [0.05, 0.1) is 5.56 Å². The summed E-state index contributed by atoms with van der Waals surface area (Å²) in [6.45, 7) is -1.72. The number of ether oxygens (including phenoxy) is 2. The summed E-state index contributed by atoms with van der Waals surface area (Å²) >= 11 is 0. The van der Waals surface area contributed by atoms with Crippen molar-refractivity contribution in [1.82, 2.24) is 0 Å². The zero-order valence-corrected chi connectivity index (χ0v) is 16.4. The Balaban J connectivity index is 0.000000331. The van der Waals surface area contributed by atoms with E-state index in [0.717, 1.165) is 0 Å². The van der Waals surface area contributed by atoms with Crippen molar-refractivity contribution in [2.45, 2.75) is 0 Å². The molecular weight excluding hydrogens is 452 g/mol. The van der Waals surface area contributed by atoms with E-state index in [1.807, 2.05) is 0 Å². The largest absolute Gasteiger partial charge is 0.478 e. The molecule has 0 aliphatic heterocycles. The quantitative estimate of drug-likeness (QED) is 0.171. The molecule has 15 heteroatoms. The number of para-hydroxylation sites is 2. The Labute approximate surface area is 183 Å². The molecule has 0 spiro atoms. The predicted molar refractivity (Wildman–Crippen MR) is 102 cm³/mol. The summed E-state index contributed by atoms with van der Waals surface area (Å²) in [5, 5.41) is 26.1. The first-order chi connectivity index (χ1) is 15.6. The fourth-order valence-electron chi connectivity index (χ4n) is 1.92. The minimum Gasteiger partial charge on any atom is -0.478 e. The summed E-state index contributed by atoms with van der Waals surface area (Å²) in [6.07, 6.45) is 0.511. The summed E-state index contributed by atoms with van der Waals surface area (Å²) in [5.74, 6) is -3.45. The molecule has 33 heavy (non-hydrogen) atoms. The van der Waals surface area contributed by atoms with Gasteiger partial charge in [-0.3, -0.25) is 4.79 Å². The van der Waals surface area contributed by atoms with Gasteiger partial charge in [0.25, 0.3) is 10.2 Å². The van der Waals surface area contributed by atoms with Crippen molar-refractivity contribution in [3.63, 3.8) is 0 Å². The lowest BCUT2D eigenvalue weighted by molar-refractivity contribution is -0.754. The monoisotopic (exact) mass is 466 g/mol. The van der Waals surface area contributed by atoms with Gasteiger partial charge in [-0.15, -0.1) is 20.2 Å². The van der Waals surface area contributed by atoms with Crippen molar-refractivity contribution in [3.05, 3.63) is 79.9 Å². The van der Waals surface area contributed by atoms with E-state index in [-0.39, 0.29) is 22.6 Å². The van der Waals surface area contributed by atoms with Crippen LogP contribution in [0.5, 0.6) is 11.5 Å². The lowest BCUT2D eigenvalue weighted by Gasteiger charge is -2.06. The molecule has 0 bridgehead atoms. The van der Waals surface area contributed by atoms with Gasteiger partial charge < -0.3 is 24.3 Å². The molecule has 174 valence electrons. The van der Waals surface area contributed by atoms with Gasteiger partial charge in [-0.2, -0.15) is 0 Å². The van der Waals surface area contributed by atoms with Gasteiger partial charge in [0.2, 0.25) is 0 Å². The zero-order chi connectivity index (χ0) is 24.8. The van der Waals surface area contributed by atoms with Gasteiger partial charge in [0, 0.05) is 0 Å². The van der Waals surface area contributed by atoms with Crippen molar-refractivity contribution < 1.29 is 53.6 Å². The molecule has 0 aliphatic carbocycles. The maximum atomic E-state index is 11.0. The Bertz CT molecular complexity index is 1040. The van der Waals surface area contributed by atoms with E-state index in [1.165, 1.54) is 36.4 Å². The second kappa shape index (κ2) is 13.3. The Kier molecular flexibility index (Phi) is 10.4. The average Bonchev–Trinajstić information content (AvgIpc) is 2.77. The van der Waals surface area contributed by atoms with E-state index in [0.29, 0.717) is 6.29 Å². The van der Waals surface area contributed by atoms with E-state index in [1.54, 1.807) is 12.1 Å². The van der Waals surface area contributed by atoms with E-state index in [4.69, 9.17) is 5.11 Å². The van der Waals surface area contributed by atoms with Crippen LogP contribution in [0.15, 0.2) is 48.5 Å². The molecule has 0 unspecified atom stereocenters. The second-order valence-corrected chi connectivity index (χ2v) is 5.40. The molecule has 2 aromatic rings. The second-order valence-electron chi connectivity index (χ2n) is 5.40. The first-order valence-electron chi connectivity index (χ1n) is 8.46. The third kappa shape index (κ3) is 9.98. The molecule has 0 fully saturated rings. The van der Waals surface area contributed by atoms with Crippen LogP contribution in [0.2, 0.25) is 0 Å². The van der Waals surface area contributed by atoms with Crippen molar-refractivity contribution in [2.24, 2.45) is 0 Å². The summed E-state index contributed by atoms with van der Waals surface area (Å²) < 4.78 is 9.30. The smallest absolute Gasteiger partial charge is 0.339 e. The highest BCUT2D eigenvalue weighted by Crippen LogP contribution is 2.18. The highest BCUT2D eigenvalue weighted by atomic mass is 17.0. The molecule has 15 nitrogen and oxygen atoms in total. The highest BCUT2D eigenvalue weighted by molar-refractivity contribution is 5.92. The number of benzene rings is 2. The molecule has 0 amide bonds. The average molecular weight is 466 g/mol. The van der Waals surface area contributed by atoms with Crippen LogP contribution in [0.3, 0.4) is 0 Å². The first kappa shape index (κ1) is 26.0. The number of esters is 2. The molecule has 0 atom stereocenters. The maximum Gasteiger partial charge on any atom is 0.339 e. The van der Waals surface area contributed by atoms with Crippen LogP contribution >= 0.6 is 0 Å². The summed E-state index contributed by atoms with van der Waals surface area (Å²) in [4.78, 5) is 70.5. The number of carboxylic acid groups (broad SMARTS) is 1. The molecule has 0 heterocycles. The summed E-state index contributed by atoms with van der Waals surface area (Å²) in [6, 6.07) is 11.4. The van der Waals surface area contributed by atoms with E-state index >= 15 is 0 Å². The zero-order valence-electron chi connectivity index (χ0n) is 16.4.